The van der Waals surface area contributed by atoms with Crippen LogP contribution in [0, 0.1) is 11.3 Å². The minimum Gasteiger partial charge on any atom is -0.470 e. The lowest BCUT2D eigenvalue weighted by atomic mass is 9.88. The third-order valence-electron chi connectivity index (χ3n) is 3.25. The Balaban J connectivity index is 2.28. The van der Waals surface area contributed by atoms with Gasteiger partial charge in [-0.3, -0.25) is 0 Å². The third-order valence-corrected chi connectivity index (χ3v) is 3.25. The molecule has 0 aliphatic carbocycles. The van der Waals surface area contributed by atoms with Gasteiger partial charge >= 0.3 is 5.97 Å². The number of ether oxygens (including phenoxy) is 2. The summed E-state index contributed by atoms with van der Waals surface area (Å²) in [5, 5.41) is 8.85. The Labute approximate surface area is 124 Å². The second-order valence-corrected chi connectivity index (χ2v) is 6.10. The number of hydrogen-bond acceptors (Lipinski definition) is 5. The van der Waals surface area contributed by atoms with Gasteiger partial charge in [0.2, 0.25) is 0 Å². The molecule has 1 aliphatic rings. The molecule has 0 bridgehead atoms. The maximum Gasteiger partial charge on any atom is 0.336 e. The molecule has 0 unspecified atom stereocenters. The van der Waals surface area contributed by atoms with Crippen molar-refractivity contribution in [3.63, 3.8) is 0 Å². The van der Waals surface area contributed by atoms with E-state index in [1.165, 1.54) is 6.40 Å². The van der Waals surface area contributed by atoms with Crippen molar-refractivity contribution in [1.29, 1.82) is 5.26 Å². The summed E-state index contributed by atoms with van der Waals surface area (Å²) in [4.78, 5) is 16.4. The normalized spacial score (nSPS) is 24.2. The maximum absolute atomic E-state index is 12.3. The van der Waals surface area contributed by atoms with Gasteiger partial charge in [-0.25, -0.2) is 9.79 Å². The molecule has 1 heterocycles. The highest BCUT2D eigenvalue weighted by Crippen LogP contribution is 2.35. The lowest BCUT2D eigenvalue weighted by Gasteiger charge is -2.30. The molecule has 5 heteroatoms. The molecule has 2 rings (SSSR count). The van der Waals surface area contributed by atoms with Crippen molar-refractivity contribution in [2.75, 3.05) is 0 Å². The highest BCUT2D eigenvalue weighted by molar-refractivity contribution is 5.81. The van der Waals surface area contributed by atoms with Crippen molar-refractivity contribution in [2.24, 2.45) is 4.99 Å². The van der Waals surface area contributed by atoms with Crippen LogP contribution in [0.5, 0.6) is 0 Å². The summed E-state index contributed by atoms with van der Waals surface area (Å²) in [5.41, 5.74) is -0.179. The van der Waals surface area contributed by atoms with Gasteiger partial charge < -0.3 is 9.47 Å². The van der Waals surface area contributed by atoms with Crippen LogP contribution in [0.1, 0.15) is 38.8 Å². The zero-order chi connectivity index (χ0) is 15.7. The van der Waals surface area contributed by atoms with Crippen LogP contribution in [0.25, 0.3) is 0 Å². The first-order chi connectivity index (χ1) is 9.76. The van der Waals surface area contributed by atoms with Crippen molar-refractivity contribution < 1.29 is 14.3 Å². The lowest BCUT2D eigenvalue weighted by Crippen LogP contribution is -2.42. The van der Waals surface area contributed by atoms with Crippen LogP contribution in [0.4, 0.5) is 0 Å². The molecule has 1 aromatic carbocycles. The molecule has 2 atom stereocenters. The van der Waals surface area contributed by atoms with Crippen LogP contribution in [-0.4, -0.2) is 24.0 Å². The predicted octanol–water partition coefficient (Wildman–Crippen LogP) is 2.54. The molecule has 0 saturated carbocycles. The molecule has 0 spiro atoms. The van der Waals surface area contributed by atoms with Crippen LogP contribution < -0.4 is 0 Å². The average molecular weight is 286 g/mol. The van der Waals surface area contributed by atoms with E-state index in [4.69, 9.17) is 14.7 Å². The van der Waals surface area contributed by atoms with E-state index in [0.717, 1.165) is 5.56 Å². The van der Waals surface area contributed by atoms with E-state index in [1.54, 1.807) is 31.2 Å². The largest absolute Gasteiger partial charge is 0.470 e. The van der Waals surface area contributed by atoms with Gasteiger partial charge in [0.25, 0.3) is 0 Å². The van der Waals surface area contributed by atoms with Gasteiger partial charge in [0.05, 0.1) is 11.6 Å². The minimum atomic E-state index is -0.920. The molecular weight excluding hydrogens is 268 g/mol. The highest BCUT2D eigenvalue weighted by atomic mass is 16.6. The lowest BCUT2D eigenvalue weighted by molar-refractivity contribution is -0.160. The van der Waals surface area contributed by atoms with Crippen LogP contribution in [-0.2, 0) is 19.9 Å². The molecule has 0 amide bonds. The first-order valence-corrected chi connectivity index (χ1v) is 6.69. The fourth-order valence-electron chi connectivity index (χ4n) is 2.15. The Morgan fingerprint density at radius 2 is 2.00 bits per heavy atom. The van der Waals surface area contributed by atoms with E-state index in [2.05, 4.69) is 11.1 Å². The van der Waals surface area contributed by atoms with Crippen molar-refractivity contribution in [2.45, 2.75) is 44.9 Å². The molecule has 1 aromatic rings. The molecule has 0 N–H and O–H groups in total. The smallest absolute Gasteiger partial charge is 0.336 e. The molecule has 0 fully saturated rings. The Hall–Kier alpha value is -2.35. The Kier molecular flexibility index (Phi) is 3.73. The number of benzene rings is 1. The summed E-state index contributed by atoms with van der Waals surface area (Å²) in [6.07, 6.45) is 1.28. The molecule has 0 aromatic heterocycles. The summed E-state index contributed by atoms with van der Waals surface area (Å²) < 4.78 is 11.0. The van der Waals surface area contributed by atoms with Gasteiger partial charge in [-0.2, -0.15) is 5.26 Å². The number of esters is 1. The summed E-state index contributed by atoms with van der Waals surface area (Å²) in [6, 6.07) is 8.21. The fourth-order valence-corrected chi connectivity index (χ4v) is 2.15. The van der Waals surface area contributed by atoms with Gasteiger partial charge in [0, 0.05) is 0 Å². The topological polar surface area (TPSA) is 71.7 Å². The van der Waals surface area contributed by atoms with Crippen molar-refractivity contribution in [3.05, 3.63) is 35.4 Å². The highest BCUT2D eigenvalue weighted by Gasteiger charge is 2.47. The maximum atomic E-state index is 12.3. The van der Waals surface area contributed by atoms with E-state index in [0.29, 0.717) is 5.56 Å². The number of nitriles is 1. The number of aliphatic imine (C=N–C) groups is 1. The third kappa shape index (κ3) is 3.05. The number of carbonyl (C=O) groups excluding carboxylic acids is 1. The van der Waals surface area contributed by atoms with Gasteiger partial charge in [-0.15, -0.1) is 0 Å². The summed E-state index contributed by atoms with van der Waals surface area (Å²) in [6.45, 7) is 7.21. The standard InChI is InChI=1S/C16H18N2O3/c1-15(2,3)21-14(19)13-16(4,20-10-18-13)12-7-5-11(9-17)6-8-12/h5-8,10,13H,1-4H3/t13-,16-/m0/s1. The average Bonchev–Trinajstić information content (AvgIpc) is 2.80. The van der Waals surface area contributed by atoms with E-state index in [-0.39, 0.29) is 0 Å². The van der Waals surface area contributed by atoms with Crippen LogP contribution in [0.2, 0.25) is 0 Å². The number of hydrogen-bond donors (Lipinski definition) is 0. The molecule has 0 radical (unpaired) electrons. The molecule has 1 aliphatic heterocycles. The van der Waals surface area contributed by atoms with Gasteiger partial charge in [-0.05, 0) is 45.4 Å². The fraction of sp³-hybridized carbons (Fsp3) is 0.438. The number of carbonyl (C=O) groups is 1. The van der Waals surface area contributed by atoms with E-state index in [1.807, 2.05) is 20.8 Å². The van der Waals surface area contributed by atoms with E-state index < -0.39 is 23.2 Å². The Bertz CT molecular complexity index is 608. The Morgan fingerprint density at radius 1 is 1.38 bits per heavy atom. The zero-order valence-electron chi connectivity index (χ0n) is 12.6. The number of rotatable bonds is 2. The molecule has 21 heavy (non-hydrogen) atoms. The van der Waals surface area contributed by atoms with Crippen LogP contribution in [0.3, 0.4) is 0 Å². The van der Waals surface area contributed by atoms with Crippen LogP contribution in [0.15, 0.2) is 29.3 Å². The van der Waals surface area contributed by atoms with Gasteiger partial charge in [0.15, 0.2) is 18.0 Å². The Morgan fingerprint density at radius 3 is 2.52 bits per heavy atom. The minimum absolute atomic E-state index is 0.428. The number of nitrogens with zero attached hydrogens (tertiary/aromatic N) is 2. The quantitative estimate of drug-likeness (QED) is 0.783. The summed E-state index contributed by atoms with van der Waals surface area (Å²) >= 11 is 0. The first-order valence-electron chi connectivity index (χ1n) is 6.69. The van der Waals surface area contributed by atoms with Gasteiger partial charge in [0.1, 0.15) is 5.60 Å². The van der Waals surface area contributed by atoms with Crippen molar-refractivity contribution >= 4 is 12.4 Å². The molecule has 5 nitrogen and oxygen atoms in total. The second-order valence-electron chi connectivity index (χ2n) is 6.10. The summed E-state index contributed by atoms with van der Waals surface area (Å²) in [7, 11) is 0. The predicted molar refractivity (Wildman–Crippen MR) is 77.7 cm³/mol. The SMILES string of the molecule is CC(C)(C)OC(=O)[C@@H]1N=CO[C@@]1(C)c1ccc(C#N)cc1. The zero-order valence-corrected chi connectivity index (χ0v) is 12.6. The molecular formula is C16H18N2O3. The molecule has 110 valence electrons. The molecule has 0 saturated heterocycles. The van der Waals surface area contributed by atoms with E-state index in [9.17, 15) is 4.79 Å². The monoisotopic (exact) mass is 286 g/mol. The van der Waals surface area contributed by atoms with Crippen LogP contribution >= 0.6 is 0 Å². The van der Waals surface area contributed by atoms with Crippen molar-refractivity contribution in [3.8, 4) is 6.07 Å². The first kappa shape index (κ1) is 15.0. The van der Waals surface area contributed by atoms with E-state index >= 15 is 0 Å². The summed E-state index contributed by atoms with van der Waals surface area (Å²) in [5.74, 6) is -0.428. The van der Waals surface area contributed by atoms with Crippen molar-refractivity contribution in [1.82, 2.24) is 0 Å². The second kappa shape index (κ2) is 5.21. The van der Waals surface area contributed by atoms with Gasteiger partial charge in [-0.1, -0.05) is 12.1 Å².